The number of hydrogen-bond acceptors (Lipinski definition) is 3. The van der Waals surface area contributed by atoms with Gasteiger partial charge in [0.1, 0.15) is 5.82 Å². The molecule has 108 valence electrons. The van der Waals surface area contributed by atoms with E-state index in [1.165, 1.54) is 18.2 Å². The molecule has 20 heavy (non-hydrogen) atoms. The zero-order chi connectivity index (χ0) is 15.1. The summed E-state index contributed by atoms with van der Waals surface area (Å²) in [4.78, 5) is 16.6. The molecule has 0 aromatic heterocycles. The summed E-state index contributed by atoms with van der Waals surface area (Å²) in [5, 5.41) is 5.98. The van der Waals surface area contributed by atoms with Gasteiger partial charge in [0.15, 0.2) is 11.5 Å². The van der Waals surface area contributed by atoms with Gasteiger partial charge in [0.2, 0.25) is 0 Å². The lowest BCUT2D eigenvalue weighted by Gasteiger charge is -2.21. The maximum atomic E-state index is 13.1. The van der Waals surface area contributed by atoms with E-state index in [-0.39, 0.29) is 16.5 Å². The van der Waals surface area contributed by atoms with E-state index < -0.39 is 11.4 Å². The van der Waals surface area contributed by atoms with Crippen molar-refractivity contribution >= 4 is 23.5 Å². The van der Waals surface area contributed by atoms with Crippen LogP contribution in [0.2, 0.25) is 5.02 Å². The largest absolute Gasteiger partial charge is 0.351 e. The van der Waals surface area contributed by atoms with E-state index in [4.69, 9.17) is 11.6 Å². The monoisotopic (exact) mass is 297 g/mol. The van der Waals surface area contributed by atoms with Gasteiger partial charge in [0, 0.05) is 16.1 Å². The molecule has 0 saturated carbocycles. The molecule has 0 bridgehead atoms. The van der Waals surface area contributed by atoms with Gasteiger partial charge in [0.05, 0.1) is 0 Å². The van der Waals surface area contributed by atoms with E-state index >= 15 is 0 Å². The minimum atomic E-state index is -1.15. The summed E-state index contributed by atoms with van der Waals surface area (Å²) in [7, 11) is 0. The van der Waals surface area contributed by atoms with Gasteiger partial charge in [-0.15, -0.1) is 0 Å². The molecule has 1 atom stereocenters. The molecule has 1 aliphatic heterocycles. The highest BCUT2D eigenvalue weighted by Gasteiger charge is 2.42. The Labute approximate surface area is 122 Å². The fourth-order valence-corrected chi connectivity index (χ4v) is 2.36. The number of aliphatic imine (C=N–C) groups is 1. The lowest BCUT2D eigenvalue weighted by molar-refractivity contribution is -0.123. The summed E-state index contributed by atoms with van der Waals surface area (Å²) in [6.45, 7) is 7.53. The van der Waals surface area contributed by atoms with Crippen LogP contribution >= 0.6 is 11.6 Å². The normalized spacial score (nSPS) is 22.5. The van der Waals surface area contributed by atoms with Crippen LogP contribution in [0.25, 0.3) is 0 Å². The third-order valence-electron chi connectivity index (χ3n) is 2.96. The molecule has 6 heteroatoms. The van der Waals surface area contributed by atoms with Crippen molar-refractivity contribution in [3.63, 3.8) is 0 Å². The number of amides is 1. The first-order valence-corrected chi connectivity index (χ1v) is 6.65. The van der Waals surface area contributed by atoms with Crippen molar-refractivity contribution in [2.45, 2.75) is 38.8 Å². The van der Waals surface area contributed by atoms with Gasteiger partial charge >= 0.3 is 0 Å². The smallest absolute Gasteiger partial charge is 0.259 e. The Bertz CT molecular complexity index is 595. The highest BCUT2D eigenvalue weighted by molar-refractivity contribution is 6.32. The molecule has 1 heterocycles. The van der Waals surface area contributed by atoms with Gasteiger partial charge in [-0.1, -0.05) is 17.7 Å². The summed E-state index contributed by atoms with van der Waals surface area (Å²) < 4.78 is 13.1. The Kier molecular flexibility index (Phi) is 3.50. The predicted octanol–water partition coefficient (Wildman–Crippen LogP) is 2.57. The topological polar surface area (TPSA) is 53.5 Å². The van der Waals surface area contributed by atoms with Crippen LogP contribution < -0.4 is 10.6 Å². The summed E-state index contributed by atoms with van der Waals surface area (Å²) in [6, 6.07) is 3.94. The zero-order valence-electron chi connectivity index (χ0n) is 11.8. The lowest BCUT2D eigenvalue weighted by Crippen LogP contribution is -2.47. The van der Waals surface area contributed by atoms with Crippen LogP contribution in [-0.4, -0.2) is 17.4 Å². The molecule has 1 aliphatic rings. The SMILES string of the molecule is CC(C)(C)NC1=NC(C)(c2ccc(F)cc2Cl)C(=O)N1. The quantitative estimate of drug-likeness (QED) is 0.837. The van der Waals surface area contributed by atoms with Gasteiger partial charge in [-0.05, 0) is 39.8 Å². The number of carbonyl (C=O) groups is 1. The van der Waals surface area contributed by atoms with Crippen molar-refractivity contribution in [1.82, 2.24) is 10.6 Å². The van der Waals surface area contributed by atoms with E-state index in [1.807, 2.05) is 20.8 Å². The first kappa shape index (κ1) is 14.8. The van der Waals surface area contributed by atoms with Crippen molar-refractivity contribution in [3.05, 3.63) is 34.6 Å². The van der Waals surface area contributed by atoms with Gasteiger partial charge in [0.25, 0.3) is 5.91 Å². The third-order valence-corrected chi connectivity index (χ3v) is 3.27. The van der Waals surface area contributed by atoms with Crippen molar-refractivity contribution < 1.29 is 9.18 Å². The highest BCUT2D eigenvalue weighted by Crippen LogP contribution is 2.34. The number of hydrogen-bond donors (Lipinski definition) is 2. The van der Waals surface area contributed by atoms with Crippen LogP contribution in [-0.2, 0) is 10.3 Å². The molecule has 0 saturated heterocycles. The number of nitrogens with zero attached hydrogens (tertiary/aromatic N) is 1. The fourth-order valence-electron chi connectivity index (χ4n) is 2.01. The molecule has 1 aromatic rings. The van der Waals surface area contributed by atoms with Crippen molar-refractivity contribution in [1.29, 1.82) is 0 Å². The molecular formula is C14H17ClFN3O. The van der Waals surface area contributed by atoms with Crippen LogP contribution in [0.5, 0.6) is 0 Å². The molecule has 1 aromatic carbocycles. The van der Waals surface area contributed by atoms with E-state index in [9.17, 15) is 9.18 Å². The minimum Gasteiger partial charge on any atom is -0.351 e. The Morgan fingerprint density at radius 1 is 1.40 bits per heavy atom. The molecular weight excluding hydrogens is 281 g/mol. The number of rotatable bonds is 1. The second-order valence-corrected chi connectivity index (χ2v) is 6.39. The lowest BCUT2D eigenvalue weighted by atomic mass is 9.92. The molecule has 0 aliphatic carbocycles. The minimum absolute atomic E-state index is 0.184. The second-order valence-electron chi connectivity index (χ2n) is 5.99. The summed E-state index contributed by atoms with van der Waals surface area (Å²) in [6.07, 6.45) is 0. The maximum absolute atomic E-state index is 13.1. The van der Waals surface area contributed by atoms with Gasteiger partial charge in [-0.3, -0.25) is 10.1 Å². The van der Waals surface area contributed by atoms with Gasteiger partial charge < -0.3 is 5.32 Å². The molecule has 1 unspecified atom stereocenters. The van der Waals surface area contributed by atoms with Crippen LogP contribution in [0.3, 0.4) is 0 Å². The van der Waals surface area contributed by atoms with Crippen LogP contribution in [0, 0.1) is 5.82 Å². The Balaban J connectivity index is 2.41. The first-order valence-electron chi connectivity index (χ1n) is 6.27. The molecule has 1 amide bonds. The van der Waals surface area contributed by atoms with Gasteiger partial charge in [-0.2, -0.15) is 0 Å². The van der Waals surface area contributed by atoms with Crippen molar-refractivity contribution in [2.24, 2.45) is 4.99 Å². The zero-order valence-corrected chi connectivity index (χ0v) is 12.6. The van der Waals surface area contributed by atoms with Crippen molar-refractivity contribution in [3.8, 4) is 0 Å². The van der Waals surface area contributed by atoms with E-state index in [1.54, 1.807) is 6.92 Å². The third kappa shape index (κ3) is 2.77. The number of benzene rings is 1. The average Bonchev–Trinajstić information content (AvgIpc) is 2.51. The van der Waals surface area contributed by atoms with Crippen LogP contribution in [0.1, 0.15) is 33.3 Å². The Morgan fingerprint density at radius 3 is 2.60 bits per heavy atom. The Hall–Kier alpha value is -1.62. The Morgan fingerprint density at radius 2 is 2.05 bits per heavy atom. The predicted molar refractivity (Wildman–Crippen MR) is 77.2 cm³/mol. The summed E-state index contributed by atoms with van der Waals surface area (Å²) in [5.74, 6) is -0.346. The van der Waals surface area contributed by atoms with Crippen LogP contribution in [0.4, 0.5) is 4.39 Å². The molecule has 2 N–H and O–H groups in total. The highest BCUT2D eigenvalue weighted by atomic mass is 35.5. The molecule has 0 spiro atoms. The molecule has 2 rings (SSSR count). The van der Waals surface area contributed by atoms with E-state index in [0.717, 1.165) is 0 Å². The average molecular weight is 298 g/mol. The molecule has 0 radical (unpaired) electrons. The number of carbonyl (C=O) groups excluding carboxylic acids is 1. The first-order chi connectivity index (χ1) is 9.12. The van der Waals surface area contributed by atoms with E-state index in [2.05, 4.69) is 15.6 Å². The second kappa shape index (κ2) is 4.74. The number of guanidine groups is 1. The number of halogens is 2. The summed E-state index contributed by atoms with van der Waals surface area (Å²) >= 11 is 6.04. The van der Waals surface area contributed by atoms with Crippen LogP contribution in [0.15, 0.2) is 23.2 Å². The standard InChI is InChI=1S/C14H17ClFN3O/c1-13(2,3)18-12-17-11(20)14(4,19-12)9-6-5-8(16)7-10(9)15/h5-7H,1-4H3,(H2,17,18,19,20). The summed E-state index contributed by atoms with van der Waals surface area (Å²) in [5.41, 5.74) is -0.911. The maximum Gasteiger partial charge on any atom is 0.259 e. The molecule has 0 fully saturated rings. The number of nitrogens with one attached hydrogen (secondary N) is 2. The fraction of sp³-hybridized carbons (Fsp3) is 0.429. The van der Waals surface area contributed by atoms with Crippen molar-refractivity contribution in [2.75, 3.05) is 0 Å². The molecule has 4 nitrogen and oxygen atoms in total. The van der Waals surface area contributed by atoms with E-state index in [0.29, 0.717) is 11.5 Å². The van der Waals surface area contributed by atoms with Gasteiger partial charge in [-0.25, -0.2) is 9.38 Å².